The molecule has 1 amide bonds. The van der Waals surface area contributed by atoms with Crippen LogP contribution in [0.2, 0.25) is 0 Å². The molecule has 1 saturated carbocycles. The predicted molar refractivity (Wildman–Crippen MR) is 116 cm³/mol. The molecular weight excluding hydrogens is 412 g/mol. The Bertz CT molecular complexity index is 1050. The fraction of sp³-hybridized carbons (Fsp3) is 0.560. The highest BCUT2D eigenvalue weighted by atomic mass is 19.1. The number of rotatable bonds is 3. The molecule has 5 rings (SSSR count). The summed E-state index contributed by atoms with van der Waals surface area (Å²) in [6.45, 7) is 9.38. The highest BCUT2D eigenvalue weighted by Gasteiger charge is 2.59. The summed E-state index contributed by atoms with van der Waals surface area (Å²) in [6.07, 6.45) is 4.24. The molecule has 7 heteroatoms. The van der Waals surface area contributed by atoms with Crippen molar-refractivity contribution in [3.05, 3.63) is 47.7 Å². The normalized spacial score (nSPS) is 28.2. The van der Waals surface area contributed by atoms with Gasteiger partial charge in [0, 0.05) is 18.5 Å². The Balaban J connectivity index is 1.43. The van der Waals surface area contributed by atoms with E-state index in [0.29, 0.717) is 0 Å². The Morgan fingerprint density at radius 1 is 1.16 bits per heavy atom. The van der Waals surface area contributed by atoms with Gasteiger partial charge >= 0.3 is 0 Å². The van der Waals surface area contributed by atoms with Gasteiger partial charge in [0.1, 0.15) is 11.6 Å². The quantitative estimate of drug-likeness (QED) is 0.700. The Morgan fingerprint density at radius 3 is 2.50 bits per heavy atom. The molecule has 3 aliphatic rings. The smallest absolute Gasteiger partial charge is 0.229 e. The third-order valence-corrected chi connectivity index (χ3v) is 8.54. The van der Waals surface area contributed by atoms with Crippen LogP contribution in [-0.4, -0.2) is 47.3 Å². The minimum atomic E-state index is -0.662. The highest BCUT2D eigenvalue weighted by molar-refractivity contribution is 5.84. The summed E-state index contributed by atoms with van der Waals surface area (Å²) in [5.41, 5.74) is 0.151. The van der Waals surface area contributed by atoms with E-state index in [1.165, 1.54) is 18.2 Å². The largest absolute Gasteiger partial charge is 0.380 e. The molecule has 0 radical (unpaired) electrons. The van der Waals surface area contributed by atoms with E-state index in [1.54, 1.807) is 12.3 Å². The van der Waals surface area contributed by atoms with Gasteiger partial charge in [-0.2, -0.15) is 10.2 Å². The van der Waals surface area contributed by atoms with E-state index in [1.807, 2.05) is 4.90 Å². The lowest BCUT2D eigenvalue weighted by molar-refractivity contribution is -0.149. The summed E-state index contributed by atoms with van der Waals surface area (Å²) in [6, 6.07) is 5.50. The van der Waals surface area contributed by atoms with Gasteiger partial charge in [0.05, 0.1) is 36.1 Å². The van der Waals surface area contributed by atoms with E-state index in [9.17, 15) is 13.6 Å². The number of aromatic nitrogens is 2. The summed E-state index contributed by atoms with van der Waals surface area (Å²) < 4.78 is 34.1. The van der Waals surface area contributed by atoms with E-state index < -0.39 is 17.0 Å². The number of carbonyl (C=O) groups excluding carboxylic acids is 1. The van der Waals surface area contributed by atoms with Crippen LogP contribution >= 0.6 is 0 Å². The maximum Gasteiger partial charge on any atom is 0.229 e. The monoisotopic (exact) mass is 441 g/mol. The van der Waals surface area contributed by atoms with Gasteiger partial charge in [-0.15, -0.1) is 0 Å². The van der Waals surface area contributed by atoms with Crippen LogP contribution in [0.25, 0.3) is 11.3 Å². The number of carbonyl (C=O) groups is 1. The number of likely N-dealkylation sites (tertiary alicyclic amines) is 1. The second-order valence-corrected chi connectivity index (χ2v) is 10.6. The first-order valence-electron chi connectivity index (χ1n) is 11.3. The van der Waals surface area contributed by atoms with Gasteiger partial charge in [0.25, 0.3) is 0 Å². The number of hydrogen-bond donors (Lipinski definition) is 0. The molecule has 1 aromatic carbocycles. The topological polar surface area (TPSA) is 55.3 Å². The van der Waals surface area contributed by atoms with Crippen molar-refractivity contribution >= 4 is 5.91 Å². The Hall–Kier alpha value is -2.41. The SMILES string of the molecule is CC1(C)[C@@H](c2cnnc(-c3c(F)cccc3F)c2)CC[C@]1(C)C(=O)N1CCC2(COC2)C1. The maximum absolute atomic E-state index is 14.3. The van der Waals surface area contributed by atoms with Crippen LogP contribution in [0.1, 0.15) is 51.5 Å². The fourth-order valence-electron chi connectivity index (χ4n) is 5.99. The third-order valence-electron chi connectivity index (χ3n) is 8.54. The summed E-state index contributed by atoms with van der Waals surface area (Å²) in [7, 11) is 0. The minimum Gasteiger partial charge on any atom is -0.380 e. The van der Waals surface area contributed by atoms with Crippen molar-refractivity contribution in [3.63, 3.8) is 0 Å². The van der Waals surface area contributed by atoms with Crippen LogP contribution in [0.15, 0.2) is 30.5 Å². The highest BCUT2D eigenvalue weighted by Crippen LogP contribution is 2.61. The van der Waals surface area contributed by atoms with Crippen molar-refractivity contribution in [3.8, 4) is 11.3 Å². The van der Waals surface area contributed by atoms with Crippen LogP contribution in [-0.2, 0) is 9.53 Å². The van der Waals surface area contributed by atoms with Crippen LogP contribution in [0.4, 0.5) is 8.78 Å². The zero-order valence-corrected chi connectivity index (χ0v) is 18.8. The standard InChI is InChI=1S/C25H29F2N3O2/c1-23(2)17(16-11-20(29-28-12-16)21-18(26)5-4-6-19(21)27)7-8-24(23,3)22(31)30-10-9-25(13-30)14-32-15-25/h4-6,11-12,17H,7-10,13-15H2,1-3H3/t17-,24-/m1/s1. The summed E-state index contributed by atoms with van der Waals surface area (Å²) in [4.78, 5) is 15.8. The molecule has 2 saturated heterocycles. The molecular formula is C25H29F2N3O2. The lowest BCUT2D eigenvalue weighted by Gasteiger charge is -2.43. The van der Waals surface area contributed by atoms with E-state index in [4.69, 9.17) is 4.74 Å². The summed E-state index contributed by atoms with van der Waals surface area (Å²) in [5.74, 6) is -1.09. The first-order valence-corrected chi connectivity index (χ1v) is 11.3. The minimum absolute atomic E-state index is 0.0316. The number of nitrogens with zero attached hydrogens (tertiary/aromatic N) is 3. The molecule has 5 nitrogen and oxygen atoms in total. The van der Waals surface area contributed by atoms with Gasteiger partial charge in [-0.3, -0.25) is 4.79 Å². The van der Waals surface area contributed by atoms with E-state index >= 15 is 0 Å². The average molecular weight is 442 g/mol. The van der Waals surface area contributed by atoms with Crippen molar-refractivity contribution in [1.29, 1.82) is 0 Å². The lowest BCUT2D eigenvalue weighted by atomic mass is 9.63. The molecule has 1 aliphatic carbocycles. The molecule has 2 aliphatic heterocycles. The summed E-state index contributed by atoms with van der Waals surface area (Å²) >= 11 is 0. The lowest BCUT2D eigenvalue weighted by Crippen LogP contribution is -2.50. The van der Waals surface area contributed by atoms with Crippen molar-refractivity contribution in [2.45, 2.75) is 46.0 Å². The molecule has 170 valence electrons. The van der Waals surface area contributed by atoms with Crippen LogP contribution in [0.5, 0.6) is 0 Å². The maximum atomic E-state index is 14.3. The summed E-state index contributed by atoms with van der Waals surface area (Å²) in [5, 5.41) is 8.07. The molecule has 0 bridgehead atoms. The molecule has 1 aromatic heterocycles. The van der Waals surface area contributed by atoms with E-state index in [2.05, 4.69) is 31.0 Å². The van der Waals surface area contributed by atoms with Crippen molar-refractivity contribution < 1.29 is 18.3 Å². The second-order valence-electron chi connectivity index (χ2n) is 10.6. The number of amides is 1. The Kier molecular flexibility index (Phi) is 4.89. The van der Waals surface area contributed by atoms with Crippen LogP contribution in [0.3, 0.4) is 0 Å². The van der Waals surface area contributed by atoms with Gasteiger partial charge < -0.3 is 9.64 Å². The molecule has 3 fully saturated rings. The molecule has 32 heavy (non-hydrogen) atoms. The second kappa shape index (κ2) is 7.30. The molecule has 2 aromatic rings. The first-order chi connectivity index (χ1) is 15.2. The van der Waals surface area contributed by atoms with Crippen molar-refractivity contribution in [1.82, 2.24) is 15.1 Å². The predicted octanol–water partition coefficient (Wildman–Crippen LogP) is 4.58. The molecule has 0 unspecified atom stereocenters. The fourth-order valence-corrected chi connectivity index (χ4v) is 5.99. The third kappa shape index (κ3) is 3.08. The van der Waals surface area contributed by atoms with Gasteiger partial charge in [-0.05, 0) is 54.4 Å². The number of hydrogen-bond acceptors (Lipinski definition) is 4. The number of ether oxygens (including phenoxy) is 1. The zero-order chi connectivity index (χ0) is 22.7. The number of benzene rings is 1. The molecule has 1 spiro atoms. The van der Waals surface area contributed by atoms with Gasteiger partial charge in [0.2, 0.25) is 5.91 Å². The van der Waals surface area contributed by atoms with Gasteiger partial charge in [-0.1, -0.05) is 26.8 Å². The molecule has 2 atom stereocenters. The zero-order valence-electron chi connectivity index (χ0n) is 18.8. The average Bonchev–Trinajstić information content (AvgIpc) is 3.28. The number of halogens is 2. The van der Waals surface area contributed by atoms with Gasteiger partial charge in [-0.25, -0.2) is 8.78 Å². The van der Waals surface area contributed by atoms with Crippen LogP contribution in [0, 0.1) is 27.9 Å². The van der Waals surface area contributed by atoms with Gasteiger partial charge in [0.15, 0.2) is 0 Å². The first kappa shape index (κ1) is 21.4. The Labute approximate surface area is 187 Å². The van der Waals surface area contributed by atoms with Crippen molar-refractivity contribution in [2.75, 3.05) is 26.3 Å². The van der Waals surface area contributed by atoms with Crippen LogP contribution < -0.4 is 0 Å². The Morgan fingerprint density at radius 2 is 1.88 bits per heavy atom. The van der Waals surface area contributed by atoms with E-state index in [0.717, 1.165) is 51.1 Å². The molecule has 3 heterocycles. The van der Waals surface area contributed by atoms with Crippen molar-refractivity contribution in [2.24, 2.45) is 16.2 Å². The molecule has 0 N–H and O–H groups in total. The van der Waals surface area contributed by atoms with E-state index in [-0.39, 0.29) is 33.9 Å².